The fourth-order valence-corrected chi connectivity index (χ4v) is 1.90. The number of hydrogen-bond donors (Lipinski definition) is 0. The maximum atomic E-state index is 4.51. The molecule has 0 aromatic carbocycles. The number of hydrogen-bond acceptors (Lipinski definition) is 2. The highest BCUT2D eigenvalue weighted by atomic mass is 15.1. The summed E-state index contributed by atoms with van der Waals surface area (Å²) < 4.78 is 0. The van der Waals surface area contributed by atoms with Crippen LogP contribution in [0.15, 0.2) is 18.2 Å². The molecule has 0 atom stereocenters. The third-order valence-electron chi connectivity index (χ3n) is 3.06. The van der Waals surface area contributed by atoms with Crippen LogP contribution in [0.5, 0.6) is 0 Å². The third kappa shape index (κ3) is 2.13. The molecule has 0 amide bonds. The molecule has 0 radical (unpaired) electrons. The van der Waals surface area contributed by atoms with E-state index in [1.165, 1.54) is 25.0 Å². The molecule has 1 aromatic heterocycles. The molecular weight excluding hydrogens is 172 g/mol. The summed E-state index contributed by atoms with van der Waals surface area (Å²) in [5, 5.41) is 0. The first-order valence-electron chi connectivity index (χ1n) is 5.38. The smallest absolute Gasteiger partial charge is 0.0547 e. The molecule has 1 fully saturated rings. The van der Waals surface area contributed by atoms with Crippen LogP contribution in [-0.2, 0) is 6.54 Å². The van der Waals surface area contributed by atoms with Gasteiger partial charge in [0.05, 0.1) is 5.69 Å². The lowest BCUT2D eigenvalue weighted by Crippen LogP contribution is -2.36. The van der Waals surface area contributed by atoms with E-state index in [1.807, 2.05) is 13.0 Å². The van der Waals surface area contributed by atoms with Crippen molar-refractivity contribution in [3.63, 3.8) is 0 Å². The lowest BCUT2D eigenvalue weighted by atomic mass is 9.92. The van der Waals surface area contributed by atoms with Crippen LogP contribution in [0.4, 0.5) is 0 Å². The van der Waals surface area contributed by atoms with Gasteiger partial charge in [-0.1, -0.05) is 12.5 Å². The van der Waals surface area contributed by atoms with Gasteiger partial charge in [-0.15, -0.1) is 0 Å². The van der Waals surface area contributed by atoms with Gasteiger partial charge in [0.2, 0.25) is 0 Å². The molecule has 1 aromatic rings. The first kappa shape index (κ1) is 9.66. The zero-order valence-electron chi connectivity index (χ0n) is 9.03. The molecule has 0 N–H and O–H groups in total. The van der Waals surface area contributed by atoms with E-state index in [-0.39, 0.29) is 0 Å². The van der Waals surface area contributed by atoms with E-state index in [0.29, 0.717) is 0 Å². The Kier molecular flexibility index (Phi) is 2.82. The summed E-state index contributed by atoms with van der Waals surface area (Å²) in [7, 11) is 2.20. The molecule has 0 saturated heterocycles. The molecule has 2 heteroatoms. The Bertz CT molecular complexity index is 305. The number of rotatable bonds is 3. The van der Waals surface area contributed by atoms with Crippen molar-refractivity contribution >= 4 is 0 Å². The van der Waals surface area contributed by atoms with Crippen molar-refractivity contribution in [1.29, 1.82) is 0 Å². The molecule has 14 heavy (non-hydrogen) atoms. The summed E-state index contributed by atoms with van der Waals surface area (Å²) in [4.78, 5) is 6.93. The van der Waals surface area contributed by atoms with Gasteiger partial charge in [0.1, 0.15) is 0 Å². The van der Waals surface area contributed by atoms with Crippen molar-refractivity contribution in [1.82, 2.24) is 9.88 Å². The summed E-state index contributed by atoms with van der Waals surface area (Å²) in [6.07, 6.45) is 4.13. The first-order chi connectivity index (χ1) is 6.75. The monoisotopic (exact) mass is 190 g/mol. The minimum absolute atomic E-state index is 0.803. The summed E-state index contributed by atoms with van der Waals surface area (Å²) in [5.41, 5.74) is 2.31. The van der Waals surface area contributed by atoms with E-state index >= 15 is 0 Å². The Morgan fingerprint density at radius 2 is 2.21 bits per heavy atom. The Morgan fingerprint density at radius 3 is 2.79 bits per heavy atom. The average Bonchev–Trinajstić information content (AvgIpc) is 1.99. The number of aromatic nitrogens is 1. The van der Waals surface area contributed by atoms with Crippen LogP contribution in [-0.4, -0.2) is 23.0 Å². The van der Waals surface area contributed by atoms with Gasteiger partial charge in [0.15, 0.2) is 0 Å². The fraction of sp³-hybridized carbons (Fsp3) is 0.583. The van der Waals surface area contributed by atoms with E-state index in [0.717, 1.165) is 18.3 Å². The standard InChI is InChI=1S/C12H18N2/c1-10-5-3-6-11(13-10)9-14(2)12-7-4-8-12/h3,5-6,12H,4,7-9H2,1-2H3. The Labute approximate surface area is 86.0 Å². The molecule has 0 bridgehead atoms. The molecule has 2 nitrogen and oxygen atoms in total. The van der Waals surface area contributed by atoms with Gasteiger partial charge in [0, 0.05) is 18.3 Å². The van der Waals surface area contributed by atoms with Crippen molar-refractivity contribution in [3.8, 4) is 0 Å². The maximum absolute atomic E-state index is 4.51. The number of nitrogens with zero attached hydrogens (tertiary/aromatic N) is 2. The largest absolute Gasteiger partial charge is 0.298 e. The second-order valence-electron chi connectivity index (χ2n) is 4.27. The van der Waals surface area contributed by atoms with E-state index in [2.05, 4.69) is 29.1 Å². The fourth-order valence-electron chi connectivity index (χ4n) is 1.90. The zero-order valence-corrected chi connectivity index (χ0v) is 9.03. The Balaban J connectivity index is 1.95. The van der Waals surface area contributed by atoms with Crippen molar-refractivity contribution in [2.45, 2.75) is 38.8 Å². The van der Waals surface area contributed by atoms with Gasteiger partial charge in [-0.25, -0.2) is 0 Å². The molecule has 1 heterocycles. The zero-order chi connectivity index (χ0) is 9.97. The highest BCUT2D eigenvalue weighted by Gasteiger charge is 2.21. The second kappa shape index (κ2) is 4.09. The highest BCUT2D eigenvalue weighted by Crippen LogP contribution is 2.24. The summed E-state index contributed by atoms with van der Waals surface area (Å²) in [6, 6.07) is 7.05. The van der Waals surface area contributed by atoms with Gasteiger partial charge in [-0.05, 0) is 38.9 Å². The third-order valence-corrected chi connectivity index (χ3v) is 3.06. The summed E-state index contributed by atoms with van der Waals surface area (Å²) >= 11 is 0. The summed E-state index contributed by atoms with van der Waals surface area (Å²) in [6.45, 7) is 3.04. The molecule has 0 aliphatic heterocycles. The van der Waals surface area contributed by atoms with Crippen molar-refractivity contribution in [2.24, 2.45) is 0 Å². The van der Waals surface area contributed by atoms with E-state index in [9.17, 15) is 0 Å². The van der Waals surface area contributed by atoms with Crippen LogP contribution >= 0.6 is 0 Å². The van der Waals surface area contributed by atoms with Gasteiger partial charge < -0.3 is 0 Å². The van der Waals surface area contributed by atoms with Gasteiger partial charge in [0.25, 0.3) is 0 Å². The average molecular weight is 190 g/mol. The lowest BCUT2D eigenvalue weighted by Gasteiger charge is -2.34. The van der Waals surface area contributed by atoms with E-state index in [1.54, 1.807) is 0 Å². The molecule has 1 aliphatic rings. The van der Waals surface area contributed by atoms with Crippen LogP contribution in [0.2, 0.25) is 0 Å². The van der Waals surface area contributed by atoms with E-state index < -0.39 is 0 Å². The van der Waals surface area contributed by atoms with Crippen LogP contribution < -0.4 is 0 Å². The van der Waals surface area contributed by atoms with Gasteiger partial charge in [-0.2, -0.15) is 0 Å². The topological polar surface area (TPSA) is 16.1 Å². The Hall–Kier alpha value is -0.890. The van der Waals surface area contributed by atoms with Crippen LogP contribution in [0.25, 0.3) is 0 Å². The molecule has 1 saturated carbocycles. The minimum Gasteiger partial charge on any atom is -0.298 e. The molecule has 76 valence electrons. The maximum Gasteiger partial charge on any atom is 0.0547 e. The predicted octanol–water partition coefficient (Wildman–Crippen LogP) is 2.37. The lowest BCUT2D eigenvalue weighted by molar-refractivity contribution is 0.151. The van der Waals surface area contributed by atoms with Crippen LogP contribution in [0, 0.1) is 6.92 Å². The Morgan fingerprint density at radius 1 is 1.43 bits per heavy atom. The molecular formula is C12H18N2. The van der Waals surface area contributed by atoms with Gasteiger partial charge in [-0.3, -0.25) is 9.88 Å². The second-order valence-corrected chi connectivity index (χ2v) is 4.27. The number of pyridine rings is 1. The van der Waals surface area contributed by atoms with Crippen molar-refractivity contribution in [3.05, 3.63) is 29.6 Å². The molecule has 1 aliphatic carbocycles. The molecule has 0 spiro atoms. The minimum atomic E-state index is 0.803. The highest BCUT2D eigenvalue weighted by molar-refractivity contribution is 5.09. The predicted molar refractivity (Wildman–Crippen MR) is 58.1 cm³/mol. The normalized spacial score (nSPS) is 17.1. The van der Waals surface area contributed by atoms with E-state index in [4.69, 9.17) is 0 Å². The van der Waals surface area contributed by atoms with Crippen molar-refractivity contribution in [2.75, 3.05) is 7.05 Å². The quantitative estimate of drug-likeness (QED) is 0.727. The molecule has 2 rings (SSSR count). The van der Waals surface area contributed by atoms with Gasteiger partial charge >= 0.3 is 0 Å². The SMILES string of the molecule is Cc1cccc(CN(C)C2CCC2)n1. The molecule has 0 unspecified atom stereocenters. The number of aryl methyl sites for hydroxylation is 1. The first-order valence-corrected chi connectivity index (χ1v) is 5.38. The van der Waals surface area contributed by atoms with Crippen LogP contribution in [0.1, 0.15) is 30.7 Å². The van der Waals surface area contributed by atoms with Crippen LogP contribution in [0.3, 0.4) is 0 Å². The van der Waals surface area contributed by atoms with Crippen molar-refractivity contribution < 1.29 is 0 Å². The summed E-state index contributed by atoms with van der Waals surface area (Å²) in [5.74, 6) is 0.